The third-order valence-corrected chi connectivity index (χ3v) is 4.89. The second-order valence-corrected chi connectivity index (χ2v) is 6.96. The van der Waals surface area contributed by atoms with Crippen molar-refractivity contribution in [1.82, 2.24) is 35.0 Å². The Bertz CT molecular complexity index is 1440. The molecule has 0 aliphatic rings. The Kier molecular flexibility index (Phi) is 5.00. The van der Waals surface area contributed by atoms with E-state index in [9.17, 15) is 9.59 Å². The molecule has 1 amide bonds. The Morgan fingerprint density at radius 3 is 2.75 bits per heavy atom. The number of hydrogen-bond acceptors (Lipinski definition) is 7. The van der Waals surface area contributed by atoms with Crippen LogP contribution < -0.4 is 10.9 Å². The first-order valence-corrected chi connectivity index (χ1v) is 9.85. The molecule has 1 N–H and O–H groups in total. The fraction of sp³-hybridized carbons (Fsp3) is 0.0909. The summed E-state index contributed by atoms with van der Waals surface area (Å²) < 4.78 is 8.21. The van der Waals surface area contributed by atoms with E-state index >= 15 is 0 Å². The second kappa shape index (κ2) is 8.26. The summed E-state index contributed by atoms with van der Waals surface area (Å²) in [5.74, 6) is 0.795. The largest absolute Gasteiger partial charge is 0.355 e. The van der Waals surface area contributed by atoms with E-state index in [0.717, 1.165) is 10.9 Å². The van der Waals surface area contributed by atoms with Crippen molar-refractivity contribution in [2.24, 2.45) is 0 Å². The highest BCUT2D eigenvalue weighted by molar-refractivity contribution is 6.00. The molecular weight excluding hydrogens is 410 g/mol. The molecule has 5 aromatic rings. The Morgan fingerprint density at radius 2 is 1.94 bits per heavy atom. The molecule has 3 aromatic heterocycles. The Labute approximate surface area is 181 Å². The van der Waals surface area contributed by atoms with E-state index < -0.39 is 0 Å². The normalized spacial score (nSPS) is 11.0. The average Bonchev–Trinajstić information content (AvgIpc) is 3.51. The van der Waals surface area contributed by atoms with Gasteiger partial charge in [0.25, 0.3) is 11.5 Å². The van der Waals surface area contributed by atoms with Crippen LogP contribution >= 0.6 is 0 Å². The summed E-state index contributed by atoms with van der Waals surface area (Å²) in [7, 11) is 0. The molecule has 0 aliphatic heterocycles. The number of rotatable bonds is 6. The van der Waals surface area contributed by atoms with Gasteiger partial charge in [0.15, 0.2) is 11.6 Å². The summed E-state index contributed by atoms with van der Waals surface area (Å²) in [5.41, 5.74) is 1.74. The first kappa shape index (κ1) is 19.4. The summed E-state index contributed by atoms with van der Waals surface area (Å²) in [4.78, 5) is 28.7. The predicted octanol–water partition coefficient (Wildman–Crippen LogP) is 2.06. The number of carbonyl (C=O) groups excluding carboxylic acids is 1. The Morgan fingerprint density at radius 1 is 1.06 bits per heavy atom. The van der Waals surface area contributed by atoms with Gasteiger partial charge in [0.2, 0.25) is 0 Å². The van der Waals surface area contributed by atoms with Crippen molar-refractivity contribution >= 4 is 16.8 Å². The molecule has 0 saturated carbocycles. The molecule has 0 radical (unpaired) electrons. The fourth-order valence-corrected chi connectivity index (χ4v) is 3.30. The van der Waals surface area contributed by atoms with Gasteiger partial charge in [-0.05, 0) is 24.3 Å². The number of carbonyl (C=O) groups is 1. The van der Waals surface area contributed by atoms with Crippen LogP contribution in [0.3, 0.4) is 0 Å². The van der Waals surface area contributed by atoms with Gasteiger partial charge < -0.3 is 9.84 Å². The average molecular weight is 427 g/mol. The lowest BCUT2D eigenvalue weighted by Crippen LogP contribution is -2.32. The zero-order chi connectivity index (χ0) is 21.9. The molecule has 0 atom stereocenters. The molecule has 5 rings (SSSR count). The van der Waals surface area contributed by atoms with Crippen molar-refractivity contribution in [3.05, 3.63) is 89.2 Å². The Hall–Kier alpha value is -4.60. The lowest BCUT2D eigenvalue weighted by atomic mass is 10.1. The molecule has 0 fully saturated rings. The van der Waals surface area contributed by atoms with Crippen LogP contribution in [0.25, 0.3) is 28.0 Å². The van der Waals surface area contributed by atoms with E-state index in [1.54, 1.807) is 24.3 Å². The maximum absolute atomic E-state index is 12.7. The van der Waals surface area contributed by atoms with Crippen LogP contribution in [-0.2, 0) is 6.54 Å². The molecule has 32 heavy (non-hydrogen) atoms. The van der Waals surface area contributed by atoms with Crippen molar-refractivity contribution in [1.29, 1.82) is 0 Å². The first-order valence-electron chi connectivity index (χ1n) is 9.85. The minimum absolute atomic E-state index is 0.206. The zero-order valence-corrected chi connectivity index (χ0v) is 16.8. The predicted molar refractivity (Wildman–Crippen MR) is 115 cm³/mol. The Balaban J connectivity index is 1.31. The SMILES string of the molecule is O=C(NCCn1nc(-n2cncn2)ccc1=O)c1ccc2noc(-c3ccccc3)c2c1. The molecule has 10 heteroatoms. The van der Waals surface area contributed by atoms with Gasteiger partial charge >= 0.3 is 0 Å². The smallest absolute Gasteiger partial charge is 0.266 e. The number of fused-ring (bicyclic) bond motifs is 1. The molecular formula is C22H17N7O3. The maximum atomic E-state index is 12.7. The summed E-state index contributed by atoms with van der Waals surface area (Å²) in [6, 6.07) is 17.7. The quantitative estimate of drug-likeness (QED) is 0.440. The van der Waals surface area contributed by atoms with Crippen LogP contribution in [0.15, 0.2) is 82.6 Å². The zero-order valence-electron chi connectivity index (χ0n) is 16.8. The van der Waals surface area contributed by atoms with Gasteiger partial charge in [0, 0.05) is 23.7 Å². The third kappa shape index (κ3) is 3.76. The van der Waals surface area contributed by atoms with E-state index in [1.165, 1.54) is 28.1 Å². The number of nitrogens with one attached hydrogen (secondary N) is 1. The number of nitrogens with zero attached hydrogens (tertiary/aromatic N) is 6. The molecule has 0 saturated heterocycles. The molecule has 0 bridgehead atoms. The maximum Gasteiger partial charge on any atom is 0.266 e. The molecule has 0 spiro atoms. The second-order valence-electron chi connectivity index (χ2n) is 6.96. The van der Waals surface area contributed by atoms with Gasteiger partial charge in [-0.1, -0.05) is 35.5 Å². The molecule has 0 unspecified atom stereocenters. The van der Waals surface area contributed by atoms with Gasteiger partial charge in [0.05, 0.1) is 11.9 Å². The van der Waals surface area contributed by atoms with Crippen LogP contribution in [0.1, 0.15) is 10.4 Å². The monoisotopic (exact) mass is 427 g/mol. The van der Waals surface area contributed by atoms with Gasteiger partial charge in [0.1, 0.15) is 18.2 Å². The standard InChI is InChI=1S/C22H17N7O3/c30-20-9-8-19(29-14-23-13-25-29)26-28(20)11-10-24-22(31)16-6-7-18-17(12-16)21(32-27-18)15-4-2-1-3-5-15/h1-9,12-14H,10-11H2,(H,24,31). The lowest BCUT2D eigenvalue weighted by Gasteiger charge is -2.08. The van der Waals surface area contributed by atoms with Gasteiger partial charge in [-0.3, -0.25) is 9.59 Å². The number of benzene rings is 2. The van der Waals surface area contributed by atoms with Gasteiger partial charge in [-0.15, -0.1) is 5.10 Å². The van der Waals surface area contributed by atoms with E-state index in [0.29, 0.717) is 22.7 Å². The summed E-state index contributed by atoms with van der Waals surface area (Å²) >= 11 is 0. The summed E-state index contributed by atoms with van der Waals surface area (Å²) in [6.07, 6.45) is 2.87. The van der Waals surface area contributed by atoms with E-state index in [1.807, 2.05) is 30.3 Å². The van der Waals surface area contributed by atoms with E-state index in [2.05, 4.69) is 25.7 Å². The lowest BCUT2D eigenvalue weighted by molar-refractivity contribution is 0.0952. The van der Waals surface area contributed by atoms with Crippen LogP contribution in [0.5, 0.6) is 0 Å². The van der Waals surface area contributed by atoms with Gasteiger partial charge in [-0.2, -0.15) is 5.10 Å². The number of aromatic nitrogens is 6. The highest BCUT2D eigenvalue weighted by atomic mass is 16.5. The minimum atomic E-state index is -0.276. The van der Waals surface area contributed by atoms with Crippen LogP contribution in [0.2, 0.25) is 0 Å². The van der Waals surface area contributed by atoms with Crippen LogP contribution in [0.4, 0.5) is 0 Å². The first-order chi connectivity index (χ1) is 15.7. The van der Waals surface area contributed by atoms with Crippen molar-refractivity contribution in [2.45, 2.75) is 6.54 Å². The highest BCUT2D eigenvalue weighted by Crippen LogP contribution is 2.29. The molecule has 2 aromatic carbocycles. The van der Waals surface area contributed by atoms with Crippen LogP contribution in [0, 0.1) is 0 Å². The molecule has 3 heterocycles. The summed E-state index contributed by atoms with van der Waals surface area (Å²) in [6.45, 7) is 0.428. The minimum Gasteiger partial charge on any atom is -0.355 e. The number of amides is 1. The van der Waals surface area contributed by atoms with E-state index in [4.69, 9.17) is 4.52 Å². The van der Waals surface area contributed by atoms with Crippen molar-refractivity contribution < 1.29 is 9.32 Å². The molecule has 0 aliphatic carbocycles. The molecule has 10 nitrogen and oxygen atoms in total. The third-order valence-electron chi connectivity index (χ3n) is 4.89. The van der Waals surface area contributed by atoms with E-state index in [-0.39, 0.29) is 24.6 Å². The van der Waals surface area contributed by atoms with Gasteiger partial charge in [-0.25, -0.2) is 14.3 Å². The topological polar surface area (TPSA) is 121 Å². The van der Waals surface area contributed by atoms with Crippen molar-refractivity contribution in [3.8, 4) is 17.1 Å². The number of hydrogen-bond donors (Lipinski definition) is 1. The molecule has 158 valence electrons. The summed E-state index contributed by atoms with van der Waals surface area (Å²) in [5, 5.41) is 15.9. The van der Waals surface area contributed by atoms with Crippen LogP contribution in [-0.4, -0.2) is 42.2 Å². The fourth-order valence-electron chi connectivity index (χ4n) is 3.30. The van der Waals surface area contributed by atoms with Crippen molar-refractivity contribution in [3.63, 3.8) is 0 Å². The highest BCUT2D eigenvalue weighted by Gasteiger charge is 2.14. The van der Waals surface area contributed by atoms with Crippen molar-refractivity contribution in [2.75, 3.05) is 6.54 Å².